The maximum absolute atomic E-state index is 12.8. The van der Waals surface area contributed by atoms with Gasteiger partial charge in [-0.25, -0.2) is 16.8 Å². The van der Waals surface area contributed by atoms with Crippen molar-refractivity contribution in [2.75, 3.05) is 39.3 Å². The van der Waals surface area contributed by atoms with E-state index in [4.69, 9.17) is 4.74 Å². The first-order valence-corrected chi connectivity index (χ1v) is 15.6. The van der Waals surface area contributed by atoms with E-state index in [9.17, 15) is 21.6 Å². The summed E-state index contributed by atoms with van der Waals surface area (Å²) in [6, 6.07) is 9.61. The molecule has 2 aliphatic heterocycles. The number of nitrogens with zero attached hydrogens (tertiary/aromatic N) is 2. The lowest BCUT2D eigenvalue weighted by molar-refractivity contribution is -0.126. The van der Waals surface area contributed by atoms with Crippen LogP contribution < -0.4 is 10.1 Å². The van der Waals surface area contributed by atoms with Gasteiger partial charge in [-0.1, -0.05) is 12.5 Å². The molecule has 9 nitrogen and oxygen atoms in total. The van der Waals surface area contributed by atoms with Crippen molar-refractivity contribution in [3.63, 3.8) is 0 Å². The van der Waals surface area contributed by atoms with Crippen molar-refractivity contribution in [3.05, 3.63) is 41.8 Å². The van der Waals surface area contributed by atoms with Crippen LogP contribution in [0, 0.1) is 5.92 Å². The molecule has 0 radical (unpaired) electrons. The van der Waals surface area contributed by atoms with Crippen LogP contribution in [0.5, 0.6) is 5.75 Å². The molecule has 1 aromatic carbocycles. The molecule has 1 aromatic heterocycles. The van der Waals surface area contributed by atoms with Gasteiger partial charge in [0, 0.05) is 26.2 Å². The summed E-state index contributed by atoms with van der Waals surface area (Å²) >= 11 is 1.17. The summed E-state index contributed by atoms with van der Waals surface area (Å²) in [5.41, 5.74) is 0. The highest BCUT2D eigenvalue weighted by Gasteiger charge is 2.33. The number of amides is 1. The molecule has 0 saturated carbocycles. The van der Waals surface area contributed by atoms with Crippen LogP contribution in [0.1, 0.15) is 32.1 Å². The molecule has 1 amide bonds. The van der Waals surface area contributed by atoms with Gasteiger partial charge in [0.15, 0.2) is 0 Å². The highest BCUT2D eigenvalue weighted by molar-refractivity contribution is 7.91. The lowest BCUT2D eigenvalue weighted by Gasteiger charge is -2.30. The van der Waals surface area contributed by atoms with Gasteiger partial charge < -0.3 is 10.1 Å². The standard InChI is InChI=1S/C23H31N3O6S3/c27-23(19-6-4-15-26(18-19)35(30,31)22-7-5-17-33-22)24-12-16-32-20-8-10-21(11-9-20)34(28,29)25-13-2-1-3-14-25/h5,7-11,17,19H,1-4,6,12-16,18H2,(H,24,27)/t19-/m1/s1. The fourth-order valence-corrected chi connectivity index (χ4v) is 8.55. The summed E-state index contributed by atoms with van der Waals surface area (Å²) in [6.45, 7) is 2.17. The highest BCUT2D eigenvalue weighted by atomic mass is 32.2. The van der Waals surface area contributed by atoms with Crippen molar-refractivity contribution >= 4 is 37.3 Å². The summed E-state index contributed by atoms with van der Waals surface area (Å²) in [6.07, 6.45) is 4.09. The van der Waals surface area contributed by atoms with Gasteiger partial charge in [-0.3, -0.25) is 4.79 Å². The van der Waals surface area contributed by atoms with Crippen LogP contribution in [0.2, 0.25) is 0 Å². The molecule has 3 heterocycles. The molecular formula is C23H31N3O6S3. The molecule has 2 fully saturated rings. The second kappa shape index (κ2) is 11.4. The van der Waals surface area contributed by atoms with Crippen molar-refractivity contribution in [3.8, 4) is 5.75 Å². The number of nitrogens with one attached hydrogen (secondary N) is 1. The molecule has 0 unspecified atom stereocenters. The number of ether oxygens (including phenoxy) is 1. The number of hydrogen-bond acceptors (Lipinski definition) is 7. The first-order valence-electron chi connectivity index (χ1n) is 11.8. The Labute approximate surface area is 211 Å². The zero-order valence-corrected chi connectivity index (χ0v) is 21.9. The highest BCUT2D eigenvalue weighted by Crippen LogP contribution is 2.26. The maximum atomic E-state index is 12.8. The molecule has 192 valence electrons. The van der Waals surface area contributed by atoms with Crippen molar-refractivity contribution in [2.45, 2.75) is 41.2 Å². The van der Waals surface area contributed by atoms with E-state index < -0.39 is 26.0 Å². The number of sulfonamides is 2. The molecular weight excluding hydrogens is 510 g/mol. The molecule has 2 aromatic rings. The Hall–Kier alpha value is -1.99. The second-order valence-electron chi connectivity index (χ2n) is 8.71. The first-order chi connectivity index (χ1) is 16.8. The van der Waals surface area contributed by atoms with Crippen LogP contribution >= 0.6 is 11.3 Å². The molecule has 2 saturated heterocycles. The van der Waals surface area contributed by atoms with Gasteiger partial charge in [0.2, 0.25) is 15.9 Å². The molecule has 4 rings (SSSR count). The van der Waals surface area contributed by atoms with Crippen LogP contribution in [0.3, 0.4) is 0 Å². The third kappa shape index (κ3) is 6.23. The predicted octanol–water partition coefficient (Wildman–Crippen LogP) is 2.52. The second-order valence-corrected chi connectivity index (χ2v) is 13.8. The molecule has 35 heavy (non-hydrogen) atoms. The Morgan fingerprint density at radius 3 is 2.34 bits per heavy atom. The fraction of sp³-hybridized carbons (Fsp3) is 0.522. The summed E-state index contributed by atoms with van der Waals surface area (Å²) in [7, 11) is -7.05. The number of carbonyl (C=O) groups excluding carboxylic acids is 1. The van der Waals surface area contributed by atoms with E-state index in [1.54, 1.807) is 41.8 Å². The first kappa shape index (κ1) is 26.1. The predicted molar refractivity (Wildman–Crippen MR) is 133 cm³/mol. The summed E-state index contributed by atoms with van der Waals surface area (Å²) in [4.78, 5) is 12.9. The summed E-state index contributed by atoms with van der Waals surface area (Å²) in [5.74, 6) is -0.0804. The van der Waals surface area contributed by atoms with Gasteiger partial charge in [-0.05, 0) is 61.4 Å². The molecule has 2 aliphatic rings. The van der Waals surface area contributed by atoms with Crippen LogP contribution in [0.15, 0.2) is 50.9 Å². The maximum Gasteiger partial charge on any atom is 0.252 e. The minimum Gasteiger partial charge on any atom is -0.492 e. The Morgan fingerprint density at radius 2 is 1.66 bits per heavy atom. The minimum atomic E-state index is -3.57. The lowest BCUT2D eigenvalue weighted by atomic mass is 9.99. The topological polar surface area (TPSA) is 113 Å². The molecule has 0 aliphatic carbocycles. The number of thiophene rings is 1. The number of carbonyl (C=O) groups is 1. The molecule has 0 spiro atoms. The average Bonchev–Trinajstić information content (AvgIpc) is 3.44. The zero-order chi connectivity index (χ0) is 24.9. The quantitative estimate of drug-likeness (QED) is 0.488. The van der Waals surface area contributed by atoms with Crippen LogP contribution in [0.4, 0.5) is 0 Å². The minimum absolute atomic E-state index is 0.167. The van der Waals surface area contributed by atoms with E-state index in [-0.39, 0.29) is 30.5 Å². The third-order valence-electron chi connectivity index (χ3n) is 6.29. The molecule has 12 heteroatoms. The van der Waals surface area contributed by atoms with E-state index in [0.717, 1.165) is 19.3 Å². The van der Waals surface area contributed by atoms with Gasteiger partial charge in [-0.2, -0.15) is 8.61 Å². The SMILES string of the molecule is O=C(NCCOc1ccc(S(=O)(=O)N2CCCCC2)cc1)[C@@H]1CCCN(S(=O)(=O)c2cccs2)C1. The van der Waals surface area contributed by atoms with Crippen molar-refractivity contribution in [1.29, 1.82) is 0 Å². The number of rotatable bonds is 9. The Bertz CT molecular complexity index is 1190. The van der Waals surface area contributed by atoms with Crippen LogP contribution in [0.25, 0.3) is 0 Å². The van der Waals surface area contributed by atoms with Gasteiger partial charge in [0.1, 0.15) is 16.6 Å². The van der Waals surface area contributed by atoms with E-state index in [1.807, 2.05) is 0 Å². The van der Waals surface area contributed by atoms with Crippen molar-refractivity contribution < 1.29 is 26.4 Å². The molecule has 0 bridgehead atoms. The van der Waals surface area contributed by atoms with Crippen molar-refractivity contribution in [2.24, 2.45) is 5.92 Å². The van der Waals surface area contributed by atoms with Crippen LogP contribution in [-0.4, -0.2) is 70.7 Å². The van der Waals surface area contributed by atoms with Gasteiger partial charge >= 0.3 is 0 Å². The third-order valence-corrected chi connectivity index (χ3v) is 11.4. The normalized spacial score (nSPS) is 20.4. The van der Waals surface area contributed by atoms with E-state index >= 15 is 0 Å². The number of benzene rings is 1. The lowest BCUT2D eigenvalue weighted by Crippen LogP contribution is -2.45. The summed E-state index contributed by atoms with van der Waals surface area (Å²) < 4.78 is 59.8. The van der Waals surface area contributed by atoms with Crippen molar-refractivity contribution in [1.82, 2.24) is 13.9 Å². The van der Waals surface area contributed by atoms with E-state index in [2.05, 4.69) is 5.32 Å². The van der Waals surface area contributed by atoms with Crippen LogP contribution in [-0.2, 0) is 24.8 Å². The molecule has 1 N–H and O–H groups in total. The Morgan fingerprint density at radius 1 is 0.943 bits per heavy atom. The Balaban J connectivity index is 1.23. The zero-order valence-electron chi connectivity index (χ0n) is 19.5. The van der Waals surface area contributed by atoms with E-state index in [0.29, 0.717) is 42.4 Å². The smallest absolute Gasteiger partial charge is 0.252 e. The van der Waals surface area contributed by atoms with E-state index in [1.165, 1.54) is 19.9 Å². The average molecular weight is 542 g/mol. The number of hydrogen-bond donors (Lipinski definition) is 1. The Kier molecular flexibility index (Phi) is 8.48. The van der Waals surface area contributed by atoms with Gasteiger partial charge in [-0.15, -0.1) is 11.3 Å². The monoisotopic (exact) mass is 541 g/mol. The largest absolute Gasteiger partial charge is 0.492 e. The summed E-state index contributed by atoms with van der Waals surface area (Å²) in [5, 5.41) is 4.55. The fourth-order valence-electron chi connectivity index (χ4n) is 4.36. The number of piperidine rings is 2. The van der Waals surface area contributed by atoms with Gasteiger partial charge in [0.05, 0.1) is 17.4 Å². The molecule has 1 atom stereocenters. The van der Waals surface area contributed by atoms with Gasteiger partial charge in [0.25, 0.3) is 10.0 Å².